The molecule has 0 bridgehead atoms. The van der Waals surface area contributed by atoms with E-state index >= 15 is 0 Å². The van der Waals surface area contributed by atoms with Crippen LogP contribution in [0.15, 0.2) is 121 Å². The van der Waals surface area contributed by atoms with Crippen molar-refractivity contribution in [1.29, 1.82) is 0 Å². The Morgan fingerprint density at radius 2 is 1.40 bits per heavy atom. The molecule has 0 fully saturated rings. The van der Waals surface area contributed by atoms with E-state index in [4.69, 9.17) is 9.97 Å². The molecule has 0 unspecified atom stereocenters. The van der Waals surface area contributed by atoms with E-state index in [1.54, 1.807) is 15.7 Å². The van der Waals surface area contributed by atoms with Gasteiger partial charge >= 0.3 is 126 Å². The second kappa shape index (κ2) is 19.7. The van der Waals surface area contributed by atoms with E-state index < -0.39 is 13.3 Å². The van der Waals surface area contributed by atoms with E-state index in [2.05, 4.69) is 199 Å². The predicted octanol–water partition coefficient (Wildman–Crippen LogP) is 15.5. The topological polar surface area (TPSA) is 30.7 Å². The number of hydrogen-bond donors (Lipinski definition) is 0. The fraction of sp³-hybridized carbons (Fsp3) is 0.321. The number of nitrogens with zero attached hydrogens (tertiary/aromatic N) is 3. The Labute approximate surface area is 392 Å². The monoisotopic (exact) mass is 1080 g/mol. The van der Waals surface area contributed by atoms with Crippen LogP contribution in [0.3, 0.4) is 0 Å². The van der Waals surface area contributed by atoms with Crippen LogP contribution in [0.25, 0.3) is 60.6 Å². The molecule has 0 saturated carbocycles. The molecule has 6 heteroatoms. The third kappa shape index (κ3) is 10.8. The smallest absolute Gasteiger partial charge is 0.0774 e. The van der Waals surface area contributed by atoms with Gasteiger partial charge in [-0.1, -0.05) is 124 Å². The Morgan fingerprint density at radius 3 is 2.02 bits per heavy atom. The fourth-order valence-corrected chi connectivity index (χ4v) is 12.6. The standard InChI is InChI=1S/C38H39N2S.C18H24GeN.Ir/c1-24(2)29-20-28(27-13-9-8-10-14-27)21-30(25(3)4)36(29)40-34-16-12-11-15-33(34)39-37(40)32-23-41-35-18-17-26(19-31(32)35)22-38(5,6)7;1-14(2)11-16-12-18(15-9-7-6-8-10-15)20-13-17(16)19(3,4)5;/h8-21,24-25H,22H2,1-7H3;6-9,12-14H,11H2,1-5H3;/q2*-1;. The first kappa shape index (κ1) is 47.4. The Hall–Kier alpha value is -4.13. The number of pyridine rings is 1. The van der Waals surface area contributed by atoms with Gasteiger partial charge in [-0.15, -0.1) is 11.5 Å². The Kier molecular flexibility index (Phi) is 15.1. The first-order valence-corrected chi connectivity index (χ1v) is 30.3. The Bertz CT molecular complexity index is 2720. The van der Waals surface area contributed by atoms with Crippen LogP contribution in [0, 0.1) is 22.8 Å². The number of imidazole rings is 1. The molecule has 3 heterocycles. The maximum Gasteiger partial charge on any atom is 0.0774 e. The van der Waals surface area contributed by atoms with Crippen LogP contribution in [-0.2, 0) is 32.9 Å². The van der Waals surface area contributed by atoms with E-state index in [1.807, 2.05) is 18.2 Å². The summed E-state index contributed by atoms with van der Waals surface area (Å²) in [6.07, 6.45) is 4.30. The first-order valence-electron chi connectivity index (χ1n) is 22.1. The number of thiophene rings is 1. The molecular weight excluding hydrogens is 1010 g/mol. The van der Waals surface area contributed by atoms with Gasteiger partial charge in [0.05, 0.1) is 16.9 Å². The van der Waals surface area contributed by atoms with Crippen molar-refractivity contribution in [3.8, 4) is 39.5 Å². The summed E-state index contributed by atoms with van der Waals surface area (Å²) in [7, 11) is 0. The molecule has 0 N–H and O–H groups in total. The summed E-state index contributed by atoms with van der Waals surface area (Å²) in [6.45, 7) is 20.7. The minimum atomic E-state index is -1.86. The van der Waals surface area contributed by atoms with Crippen LogP contribution < -0.4 is 4.40 Å². The van der Waals surface area contributed by atoms with Crippen molar-refractivity contribution in [2.75, 3.05) is 0 Å². The van der Waals surface area contributed by atoms with E-state index in [0.29, 0.717) is 17.8 Å². The van der Waals surface area contributed by atoms with E-state index in [-0.39, 0.29) is 25.5 Å². The molecule has 0 aliphatic heterocycles. The molecule has 0 saturated heterocycles. The first-order chi connectivity index (χ1) is 29.0. The largest absolute Gasteiger partial charge is 0.333 e. The molecule has 0 amide bonds. The minimum Gasteiger partial charge on any atom is -0.333 e. The number of fused-ring (bicyclic) bond motifs is 2. The second-order valence-corrected chi connectivity index (χ2v) is 31.4. The summed E-state index contributed by atoms with van der Waals surface area (Å²) in [4.78, 5) is 10.0. The van der Waals surface area contributed by atoms with Crippen LogP contribution in [0.5, 0.6) is 0 Å². The van der Waals surface area contributed by atoms with Gasteiger partial charge in [-0.2, -0.15) is 0 Å². The summed E-state index contributed by atoms with van der Waals surface area (Å²) < 4.78 is 5.23. The molecule has 0 aliphatic rings. The molecular formula is C56H63GeIrN3S-2. The summed E-state index contributed by atoms with van der Waals surface area (Å²) in [5, 5.41) is 4.93. The molecule has 0 spiro atoms. The van der Waals surface area contributed by atoms with Gasteiger partial charge < -0.3 is 4.57 Å². The van der Waals surface area contributed by atoms with Crippen LogP contribution in [0.2, 0.25) is 17.3 Å². The maximum absolute atomic E-state index is 5.31. The summed E-state index contributed by atoms with van der Waals surface area (Å²) in [5.41, 5.74) is 14.9. The Balaban J connectivity index is 0.000000258. The van der Waals surface area contributed by atoms with Crippen LogP contribution in [-0.4, -0.2) is 27.8 Å². The minimum absolute atomic E-state index is 0. The predicted molar refractivity (Wildman–Crippen MR) is 268 cm³/mol. The second-order valence-electron chi connectivity index (χ2n) is 19.9. The van der Waals surface area contributed by atoms with Crippen LogP contribution in [0.4, 0.5) is 0 Å². The van der Waals surface area contributed by atoms with Gasteiger partial charge in [0.15, 0.2) is 0 Å². The average Bonchev–Trinajstić information content (AvgIpc) is 3.81. The molecule has 323 valence electrons. The zero-order valence-corrected chi connectivity index (χ0v) is 44.1. The van der Waals surface area contributed by atoms with Crippen LogP contribution >= 0.6 is 11.3 Å². The fourth-order valence-electron chi connectivity index (χ4n) is 8.43. The van der Waals surface area contributed by atoms with Crippen molar-refractivity contribution in [3.05, 3.63) is 155 Å². The third-order valence-electron chi connectivity index (χ3n) is 11.2. The summed E-state index contributed by atoms with van der Waals surface area (Å²) in [5.74, 6) is 9.64. The van der Waals surface area contributed by atoms with Crippen molar-refractivity contribution in [2.24, 2.45) is 11.3 Å². The van der Waals surface area contributed by atoms with Crippen molar-refractivity contribution < 1.29 is 20.1 Å². The molecule has 62 heavy (non-hydrogen) atoms. The maximum atomic E-state index is 5.31. The van der Waals surface area contributed by atoms with Crippen molar-refractivity contribution in [2.45, 2.75) is 104 Å². The number of benzene rings is 5. The van der Waals surface area contributed by atoms with E-state index in [1.165, 1.54) is 49.2 Å². The molecule has 8 rings (SSSR count). The number of hydrogen-bond acceptors (Lipinski definition) is 3. The zero-order chi connectivity index (χ0) is 43.6. The van der Waals surface area contributed by atoms with Gasteiger partial charge in [0.2, 0.25) is 0 Å². The van der Waals surface area contributed by atoms with E-state index in [0.717, 1.165) is 46.5 Å². The van der Waals surface area contributed by atoms with Gasteiger partial charge in [-0.05, 0) is 70.2 Å². The number of aromatic nitrogens is 3. The van der Waals surface area contributed by atoms with Gasteiger partial charge in [0.1, 0.15) is 0 Å². The molecule has 3 nitrogen and oxygen atoms in total. The number of para-hydroxylation sites is 2. The van der Waals surface area contributed by atoms with Gasteiger partial charge in [-0.3, -0.25) is 16.3 Å². The van der Waals surface area contributed by atoms with Crippen molar-refractivity contribution in [3.63, 3.8) is 0 Å². The van der Waals surface area contributed by atoms with Gasteiger partial charge in [-0.25, -0.2) is 0 Å². The molecule has 1 radical (unpaired) electrons. The third-order valence-corrected chi connectivity index (χ3v) is 16.5. The summed E-state index contributed by atoms with van der Waals surface area (Å²) >= 11 is -0.166. The quantitative estimate of drug-likeness (QED) is 0.101. The molecule has 0 aliphatic carbocycles. The van der Waals surface area contributed by atoms with E-state index in [9.17, 15) is 0 Å². The molecule has 0 atom stereocenters. The van der Waals surface area contributed by atoms with Gasteiger partial charge in [0, 0.05) is 25.8 Å². The summed E-state index contributed by atoms with van der Waals surface area (Å²) in [6, 6.07) is 44.7. The Morgan fingerprint density at radius 1 is 0.742 bits per heavy atom. The van der Waals surface area contributed by atoms with Crippen molar-refractivity contribution in [1.82, 2.24) is 14.5 Å². The normalized spacial score (nSPS) is 12.0. The van der Waals surface area contributed by atoms with Crippen LogP contribution in [0.1, 0.15) is 96.4 Å². The van der Waals surface area contributed by atoms with Crippen molar-refractivity contribution >= 4 is 50.1 Å². The zero-order valence-electron chi connectivity index (χ0n) is 38.8. The molecule has 5 aromatic carbocycles. The average molecular weight is 1080 g/mol. The van der Waals surface area contributed by atoms with Gasteiger partial charge in [0.25, 0.3) is 0 Å². The molecule has 3 aromatic heterocycles. The number of rotatable bonds is 10. The SMILES string of the molecule is CC(C)Cc1cc(-c2[c-]cccc2)nc[c]1[Ge]([CH3])([CH3])[CH3].CC(C)c1cc(-c2ccccc2)cc(C(C)C)c1-n1c(-c2[c-]sc3ccc(CC(C)(C)C)cc23)nc2ccccc21.[Ir]. The molecule has 8 aromatic rings.